The van der Waals surface area contributed by atoms with Crippen LogP contribution in [0.25, 0.3) is 17.0 Å². The molecule has 0 bridgehead atoms. The highest BCUT2D eigenvalue weighted by Crippen LogP contribution is 2.34. The predicted octanol–water partition coefficient (Wildman–Crippen LogP) is 2.73. The summed E-state index contributed by atoms with van der Waals surface area (Å²) in [5.41, 5.74) is 4.49. The molecule has 0 N–H and O–H groups in total. The molecular weight excluding hydrogens is 318 g/mol. The largest absolute Gasteiger partial charge is 0.356 e. The molecule has 25 heavy (non-hydrogen) atoms. The number of aryl methyl sites for hydroxylation is 2. The second-order valence-electron chi connectivity index (χ2n) is 6.75. The standard InChI is InChI=1S/C18H21N5O2/c1-11-8-17-19-9-15(16-7-12(2)21-25-16)18(23(17)20-11)14-5-4-6-22(10-14)13(3)24/h7-9,14H,4-6,10H2,1-3H3. The molecule has 1 aliphatic heterocycles. The van der Waals surface area contributed by atoms with Crippen LogP contribution in [0.1, 0.15) is 42.8 Å². The van der Waals surface area contributed by atoms with Crippen LogP contribution < -0.4 is 0 Å². The molecule has 0 radical (unpaired) electrons. The fraction of sp³-hybridized carbons (Fsp3) is 0.444. The van der Waals surface area contributed by atoms with Gasteiger partial charge in [0.2, 0.25) is 5.91 Å². The van der Waals surface area contributed by atoms with E-state index in [-0.39, 0.29) is 11.8 Å². The number of carbonyl (C=O) groups is 1. The zero-order valence-electron chi connectivity index (χ0n) is 14.7. The number of likely N-dealkylation sites (tertiary alicyclic amines) is 1. The van der Waals surface area contributed by atoms with Gasteiger partial charge in [-0.05, 0) is 26.7 Å². The normalized spacial score (nSPS) is 18.0. The molecule has 0 aliphatic carbocycles. The molecular formula is C18H21N5O2. The molecule has 0 spiro atoms. The molecule has 7 nitrogen and oxygen atoms in total. The third kappa shape index (κ3) is 2.79. The summed E-state index contributed by atoms with van der Waals surface area (Å²) in [4.78, 5) is 18.3. The maximum Gasteiger partial charge on any atom is 0.219 e. The van der Waals surface area contributed by atoms with Crippen molar-refractivity contribution in [3.8, 4) is 11.3 Å². The molecule has 1 amide bonds. The average Bonchev–Trinajstić information content (AvgIpc) is 3.18. The van der Waals surface area contributed by atoms with Crippen molar-refractivity contribution in [3.05, 3.63) is 35.4 Å². The number of aromatic nitrogens is 4. The molecule has 3 aromatic rings. The molecule has 130 valence electrons. The predicted molar refractivity (Wildman–Crippen MR) is 92.2 cm³/mol. The van der Waals surface area contributed by atoms with Crippen LogP contribution in [-0.2, 0) is 4.79 Å². The second kappa shape index (κ2) is 5.98. The second-order valence-corrected chi connectivity index (χ2v) is 6.75. The van der Waals surface area contributed by atoms with E-state index in [2.05, 4.69) is 15.2 Å². The average molecular weight is 339 g/mol. The molecule has 7 heteroatoms. The number of hydrogen-bond donors (Lipinski definition) is 0. The number of amides is 1. The van der Waals surface area contributed by atoms with Gasteiger partial charge in [-0.25, -0.2) is 9.50 Å². The lowest BCUT2D eigenvalue weighted by atomic mass is 9.91. The van der Waals surface area contributed by atoms with E-state index < -0.39 is 0 Å². The van der Waals surface area contributed by atoms with E-state index in [0.717, 1.165) is 47.7 Å². The van der Waals surface area contributed by atoms with Gasteiger partial charge in [-0.15, -0.1) is 0 Å². The van der Waals surface area contributed by atoms with Gasteiger partial charge in [-0.2, -0.15) is 5.10 Å². The van der Waals surface area contributed by atoms with Gasteiger partial charge in [-0.1, -0.05) is 5.16 Å². The van der Waals surface area contributed by atoms with Crippen LogP contribution in [0.3, 0.4) is 0 Å². The summed E-state index contributed by atoms with van der Waals surface area (Å²) < 4.78 is 7.40. The Hall–Kier alpha value is -2.70. The number of carbonyl (C=O) groups excluding carboxylic acids is 1. The Morgan fingerprint density at radius 3 is 2.84 bits per heavy atom. The molecule has 4 rings (SSSR count). The maximum atomic E-state index is 11.9. The Labute approximate surface area is 145 Å². The van der Waals surface area contributed by atoms with Gasteiger partial charge in [-0.3, -0.25) is 4.79 Å². The third-order valence-corrected chi connectivity index (χ3v) is 4.79. The Morgan fingerprint density at radius 1 is 1.28 bits per heavy atom. The van der Waals surface area contributed by atoms with E-state index in [1.807, 2.05) is 41.6 Å². The van der Waals surface area contributed by atoms with Gasteiger partial charge < -0.3 is 9.42 Å². The van der Waals surface area contributed by atoms with Crippen molar-refractivity contribution in [2.24, 2.45) is 0 Å². The summed E-state index contributed by atoms with van der Waals surface area (Å²) in [5, 5.41) is 8.65. The first kappa shape index (κ1) is 15.8. The monoisotopic (exact) mass is 339 g/mol. The van der Waals surface area contributed by atoms with E-state index >= 15 is 0 Å². The summed E-state index contributed by atoms with van der Waals surface area (Å²) in [7, 11) is 0. The van der Waals surface area contributed by atoms with Gasteiger partial charge in [0, 0.05) is 44.3 Å². The molecule has 1 fully saturated rings. The summed E-state index contributed by atoms with van der Waals surface area (Å²) in [5.74, 6) is 0.988. The summed E-state index contributed by atoms with van der Waals surface area (Å²) >= 11 is 0. The lowest BCUT2D eigenvalue weighted by Gasteiger charge is -2.32. The summed E-state index contributed by atoms with van der Waals surface area (Å²) in [6.07, 6.45) is 3.81. The minimum atomic E-state index is 0.115. The Kier molecular flexibility index (Phi) is 3.78. The fourth-order valence-corrected chi connectivity index (χ4v) is 3.63. The first-order valence-corrected chi connectivity index (χ1v) is 8.57. The SMILES string of the molecule is CC(=O)N1CCCC(c2c(-c3cc(C)no3)cnc3cc(C)nn23)C1. The summed E-state index contributed by atoms with van der Waals surface area (Å²) in [6.45, 7) is 6.99. The van der Waals surface area contributed by atoms with Crippen LogP contribution in [-0.4, -0.2) is 43.7 Å². The van der Waals surface area contributed by atoms with Gasteiger partial charge in [0.15, 0.2) is 11.4 Å². The molecule has 4 heterocycles. The fourth-order valence-electron chi connectivity index (χ4n) is 3.63. The number of rotatable bonds is 2. The minimum absolute atomic E-state index is 0.115. The first-order valence-electron chi connectivity index (χ1n) is 8.57. The molecule has 0 aromatic carbocycles. The molecule has 1 saturated heterocycles. The highest BCUT2D eigenvalue weighted by atomic mass is 16.5. The first-order chi connectivity index (χ1) is 12.0. The van der Waals surface area contributed by atoms with Gasteiger partial charge in [0.25, 0.3) is 0 Å². The van der Waals surface area contributed by atoms with E-state index in [0.29, 0.717) is 12.3 Å². The lowest BCUT2D eigenvalue weighted by molar-refractivity contribution is -0.130. The lowest BCUT2D eigenvalue weighted by Crippen LogP contribution is -2.38. The Balaban J connectivity index is 1.88. The van der Waals surface area contributed by atoms with Crippen molar-refractivity contribution in [3.63, 3.8) is 0 Å². The molecule has 1 atom stereocenters. The van der Waals surface area contributed by atoms with Crippen LogP contribution in [0.15, 0.2) is 22.9 Å². The zero-order valence-corrected chi connectivity index (χ0v) is 14.7. The van der Waals surface area contributed by atoms with Crippen LogP contribution in [0.4, 0.5) is 0 Å². The number of piperidine rings is 1. The maximum absolute atomic E-state index is 11.9. The van der Waals surface area contributed by atoms with Crippen LogP contribution >= 0.6 is 0 Å². The van der Waals surface area contributed by atoms with E-state index in [9.17, 15) is 4.79 Å². The number of hydrogen-bond acceptors (Lipinski definition) is 5. The van der Waals surface area contributed by atoms with Gasteiger partial charge in [0.1, 0.15) is 0 Å². The zero-order chi connectivity index (χ0) is 17.6. The van der Waals surface area contributed by atoms with Crippen molar-refractivity contribution in [1.29, 1.82) is 0 Å². The molecule has 3 aromatic heterocycles. The highest BCUT2D eigenvalue weighted by molar-refractivity contribution is 5.73. The molecule has 1 unspecified atom stereocenters. The molecule has 0 saturated carbocycles. The van der Waals surface area contributed by atoms with Crippen LogP contribution in [0, 0.1) is 13.8 Å². The molecule has 1 aliphatic rings. The van der Waals surface area contributed by atoms with Gasteiger partial charge >= 0.3 is 0 Å². The van der Waals surface area contributed by atoms with Crippen molar-refractivity contribution in [1.82, 2.24) is 24.7 Å². The summed E-state index contributed by atoms with van der Waals surface area (Å²) in [6, 6.07) is 3.87. The quantitative estimate of drug-likeness (QED) is 0.717. The highest BCUT2D eigenvalue weighted by Gasteiger charge is 2.29. The van der Waals surface area contributed by atoms with Crippen molar-refractivity contribution < 1.29 is 9.32 Å². The topological polar surface area (TPSA) is 76.5 Å². The number of nitrogens with zero attached hydrogens (tertiary/aromatic N) is 5. The van der Waals surface area contributed by atoms with Crippen molar-refractivity contribution >= 4 is 11.6 Å². The van der Waals surface area contributed by atoms with E-state index in [4.69, 9.17) is 4.52 Å². The number of fused-ring (bicyclic) bond motifs is 1. The van der Waals surface area contributed by atoms with Crippen LogP contribution in [0.5, 0.6) is 0 Å². The smallest absolute Gasteiger partial charge is 0.219 e. The van der Waals surface area contributed by atoms with Crippen molar-refractivity contribution in [2.45, 2.75) is 39.5 Å². The van der Waals surface area contributed by atoms with E-state index in [1.165, 1.54) is 0 Å². The van der Waals surface area contributed by atoms with Crippen LogP contribution in [0.2, 0.25) is 0 Å². The van der Waals surface area contributed by atoms with E-state index in [1.54, 1.807) is 6.92 Å². The minimum Gasteiger partial charge on any atom is -0.356 e. The third-order valence-electron chi connectivity index (χ3n) is 4.79. The van der Waals surface area contributed by atoms with Crippen molar-refractivity contribution in [2.75, 3.05) is 13.1 Å². The Bertz CT molecular complexity index is 942. The Morgan fingerprint density at radius 2 is 2.12 bits per heavy atom. The van der Waals surface area contributed by atoms with Gasteiger partial charge in [0.05, 0.1) is 22.6 Å².